The van der Waals surface area contributed by atoms with Crippen LogP contribution in [0.5, 0.6) is 0 Å². The first-order valence-corrected chi connectivity index (χ1v) is 2.43. The first-order valence-electron chi connectivity index (χ1n) is 2.43. The molecule has 0 spiro atoms. The van der Waals surface area contributed by atoms with Gasteiger partial charge in [-0.1, -0.05) is 0 Å². The fraction of sp³-hybridized carbons (Fsp3) is 0.600. The Hall–Kier alpha value is -0.130. The van der Waals surface area contributed by atoms with E-state index in [1.54, 1.807) is 0 Å². The first kappa shape index (κ1) is 13.5. The molecule has 0 heterocycles. The van der Waals surface area contributed by atoms with Gasteiger partial charge < -0.3 is 0 Å². The summed E-state index contributed by atoms with van der Waals surface area (Å²) in [5.41, 5.74) is 0. The van der Waals surface area contributed by atoms with E-state index in [1.807, 2.05) is 0 Å². The molecule has 0 N–H and O–H groups in total. The SMILES string of the molecule is CC(=O)CC(=O)C(F)(F)F.[Ag+]. The molecule has 0 aromatic rings. The molecular weight excluding hydrogens is 257 g/mol. The quantitative estimate of drug-likeness (QED) is 0.551. The molecule has 0 saturated carbocycles. The summed E-state index contributed by atoms with van der Waals surface area (Å²) in [5.74, 6) is -2.76. The van der Waals surface area contributed by atoms with Gasteiger partial charge in [-0.15, -0.1) is 0 Å². The van der Waals surface area contributed by atoms with Gasteiger partial charge in [0.2, 0.25) is 5.78 Å². The summed E-state index contributed by atoms with van der Waals surface area (Å²) in [4.78, 5) is 19.9. The number of rotatable bonds is 2. The first-order chi connectivity index (χ1) is 4.34. The Morgan fingerprint density at radius 1 is 1.27 bits per heavy atom. The predicted molar refractivity (Wildman–Crippen MR) is 26.4 cm³/mol. The van der Waals surface area contributed by atoms with E-state index in [0.717, 1.165) is 6.92 Å². The fourth-order valence-electron chi connectivity index (χ4n) is 0.326. The minimum Gasteiger partial charge on any atom is -0.300 e. The van der Waals surface area contributed by atoms with Gasteiger partial charge in [0.25, 0.3) is 0 Å². The van der Waals surface area contributed by atoms with Crippen molar-refractivity contribution in [2.75, 3.05) is 0 Å². The number of hydrogen-bond donors (Lipinski definition) is 0. The molecule has 0 bridgehead atoms. The van der Waals surface area contributed by atoms with Crippen molar-refractivity contribution in [3.05, 3.63) is 0 Å². The maximum Gasteiger partial charge on any atom is 1.00 e. The topological polar surface area (TPSA) is 34.1 Å². The van der Waals surface area contributed by atoms with Gasteiger partial charge in [0.05, 0.1) is 6.42 Å². The molecule has 0 radical (unpaired) electrons. The van der Waals surface area contributed by atoms with Crippen LogP contribution >= 0.6 is 0 Å². The van der Waals surface area contributed by atoms with Crippen molar-refractivity contribution in [1.82, 2.24) is 0 Å². The van der Waals surface area contributed by atoms with E-state index in [4.69, 9.17) is 0 Å². The molecule has 0 aliphatic carbocycles. The van der Waals surface area contributed by atoms with E-state index >= 15 is 0 Å². The van der Waals surface area contributed by atoms with Crippen LogP contribution in [0, 0.1) is 0 Å². The van der Waals surface area contributed by atoms with Crippen LogP contribution in [0.1, 0.15) is 13.3 Å². The van der Waals surface area contributed by atoms with Crippen molar-refractivity contribution in [1.29, 1.82) is 0 Å². The van der Waals surface area contributed by atoms with Gasteiger partial charge in [-0.25, -0.2) is 0 Å². The van der Waals surface area contributed by atoms with E-state index in [0.29, 0.717) is 0 Å². The molecule has 0 amide bonds. The van der Waals surface area contributed by atoms with Gasteiger partial charge in [0.15, 0.2) is 0 Å². The minimum absolute atomic E-state index is 0. The Morgan fingerprint density at radius 2 is 1.64 bits per heavy atom. The number of ketones is 2. The monoisotopic (exact) mass is 261 g/mol. The molecule has 68 valence electrons. The van der Waals surface area contributed by atoms with Gasteiger partial charge in [0, 0.05) is 0 Å². The molecule has 2 nitrogen and oxygen atoms in total. The molecule has 0 aromatic carbocycles. The van der Waals surface area contributed by atoms with E-state index in [-0.39, 0.29) is 22.4 Å². The fourth-order valence-corrected chi connectivity index (χ4v) is 0.326. The van der Waals surface area contributed by atoms with Gasteiger partial charge in [-0.05, 0) is 6.92 Å². The number of Topliss-reactive ketones (excluding diaryl/α,β-unsaturated/α-hetero) is 2. The van der Waals surface area contributed by atoms with Gasteiger partial charge >= 0.3 is 28.6 Å². The zero-order chi connectivity index (χ0) is 8.36. The Balaban J connectivity index is 0. The maximum atomic E-state index is 11.3. The van der Waals surface area contributed by atoms with Crippen LogP contribution in [-0.2, 0) is 32.0 Å². The molecule has 0 rings (SSSR count). The Morgan fingerprint density at radius 3 is 1.73 bits per heavy atom. The Labute approximate surface area is 76.7 Å². The van der Waals surface area contributed by atoms with Crippen molar-refractivity contribution in [3.8, 4) is 0 Å². The number of carbonyl (C=O) groups excluding carboxylic acids is 2. The van der Waals surface area contributed by atoms with E-state index in [1.165, 1.54) is 0 Å². The molecule has 0 aliphatic heterocycles. The van der Waals surface area contributed by atoms with Crippen LogP contribution < -0.4 is 0 Å². The number of alkyl halides is 3. The second kappa shape index (κ2) is 4.69. The largest absolute Gasteiger partial charge is 1.00 e. The van der Waals surface area contributed by atoms with E-state index in [2.05, 4.69) is 0 Å². The molecule has 0 fully saturated rings. The molecule has 0 unspecified atom stereocenters. The van der Waals surface area contributed by atoms with Crippen LogP contribution in [0.15, 0.2) is 0 Å². The van der Waals surface area contributed by atoms with Crippen molar-refractivity contribution in [3.63, 3.8) is 0 Å². The molecule has 0 saturated heterocycles. The zero-order valence-electron chi connectivity index (χ0n) is 5.46. The second-order valence-corrected chi connectivity index (χ2v) is 1.80. The normalized spacial score (nSPS) is 10.2. The maximum absolute atomic E-state index is 11.3. The second-order valence-electron chi connectivity index (χ2n) is 1.80. The predicted octanol–water partition coefficient (Wildman–Crippen LogP) is 1.09. The summed E-state index contributed by atoms with van der Waals surface area (Å²) in [5, 5.41) is 0. The average Bonchev–Trinajstić information content (AvgIpc) is 1.60. The molecule has 0 atom stereocenters. The molecule has 0 aromatic heterocycles. The van der Waals surface area contributed by atoms with Gasteiger partial charge in [0.1, 0.15) is 5.78 Å². The Bertz CT molecular complexity index is 164. The van der Waals surface area contributed by atoms with E-state index in [9.17, 15) is 22.8 Å². The Kier molecular flexibility index (Phi) is 5.74. The molecular formula is C5H5AgF3O2+. The van der Waals surface area contributed by atoms with Gasteiger partial charge in [-0.3, -0.25) is 9.59 Å². The smallest absolute Gasteiger partial charge is 0.300 e. The third kappa shape index (κ3) is 6.28. The van der Waals surface area contributed by atoms with Gasteiger partial charge in [-0.2, -0.15) is 13.2 Å². The third-order valence-electron chi connectivity index (χ3n) is 0.726. The van der Waals surface area contributed by atoms with Crippen LogP contribution in [0.2, 0.25) is 0 Å². The third-order valence-corrected chi connectivity index (χ3v) is 0.726. The van der Waals surface area contributed by atoms with Crippen LogP contribution in [0.4, 0.5) is 13.2 Å². The zero-order valence-corrected chi connectivity index (χ0v) is 6.94. The van der Waals surface area contributed by atoms with Crippen LogP contribution in [0.3, 0.4) is 0 Å². The number of carbonyl (C=O) groups is 2. The summed E-state index contributed by atoms with van der Waals surface area (Å²) in [6.07, 6.45) is -5.92. The summed E-state index contributed by atoms with van der Waals surface area (Å²) >= 11 is 0. The summed E-state index contributed by atoms with van der Waals surface area (Å²) in [7, 11) is 0. The molecule has 11 heavy (non-hydrogen) atoms. The van der Waals surface area contributed by atoms with Crippen LogP contribution in [-0.4, -0.2) is 17.7 Å². The minimum atomic E-state index is -4.87. The van der Waals surface area contributed by atoms with Crippen molar-refractivity contribution in [2.45, 2.75) is 19.5 Å². The summed E-state index contributed by atoms with van der Waals surface area (Å²) < 4.78 is 33.9. The van der Waals surface area contributed by atoms with Crippen molar-refractivity contribution < 1.29 is 45.1 Å². The standard InChI is InChI=1S/C5H5F3O2.Ag/c1-3(9)2-4(10)5(6,7)8;/h2H2,1H3;/q;+1. The average molecular weight is 262 g/mol. The van der Waals surface area contributed by atoms with Crippen molar-refractivity contribution in [2.24, 2.45) is 0 Å². The van der Waals surface area contributed by atoms with Crippen molar-refractivity contribution >= 4 is 11.6 Å². The van der Waals surface area contributed by atoms with E-state index < -0.39 is 24.2 Å². The van der Waals surface area contributed by atoms with Crippen LogP contribution in [0.25, 0.3) is 0 Å². The summed E-state index contributed by atoms with van der Waals surface area (Å²) in [6.45, 7) is 0.934. The molecule has 6 heteroatoms. The number of hydrogen-bond acceptors (Lipinski definition) is 2. The summed E-state index contributed by atoms with van der Waals surface area (Å²) in [6, 6.07) is 0. The number of halogens is 3. The molecule has 0 aliphatic rings.